The minimum atomic E-state index is -4.31. The number of halogens is 4. The predicted molar refractivity (Wildman–Crippen MR) is 61.9 cm³/mol. The minimum Gasteiger partial charge on any atom is -0.171 e. The second-order valence-corrected chi connectivity index (χ2v) is 4.02. The number of alkyl halides is 3. The molecule has 3 nitrogen and oxygen atoms in total. The third-order valence-electron chi connectivity index (χ3n) is 1.82. The Bertz CT molecular complexity index is 459. The van der Waals surface area contributed by atoms with Crippen LogP contribution in [-0.2, 0) is 0 Å². The summed E-state index contributed by atoms with van der Waals surface area (Å²) in [5.74, 6) is 0. The van der Waals surface area contributed by atoms with Crippen molar-refractivity contribution in [2.45, 2.75) is 12.6 Å². The highest BCUT2D eigenvalue weighted by atomic mass is 79.9. The van der Waals surface area contributed by atoms with Gasteiger partial charge in [0.15, 0.2) is 0 Å². The maximum Gasteiger partial charge on any atom is 0.392 e. The van der Waals surface area contributed by atoms with Crippen LogP contribution in [-0.4, -0.2) is 6.18 Å². The van der Waals surface area contributed by atoms with E-state index in [2.05, 4.69) is 26.0 Å². The fourth-order valence-corrected chi connectivity index (χ4v) is 1.36. The van der Waals surface area contributed by atoms with Crippen LogP contribution in [0.25, 0.3) is 16.1 Å². The number of nitrogens with zero attached hydrogens (tertiary/aromatic N) is 3. The van der Waals surface area contributed by atoms with E-state index in [1.807, 2.05) is 0 Å². The Hall–Kier alpha value is -1.46. The molecule has 0 spiro atoms. The average molecular weight is 306 g/mol. The Morgan fingerprint density at radius 3 is 2.41 bits per heavy atom. The van der Waals surface area contributed by atoms with Gasteiger partial charge in [0, 0.05) is 15.1 Å². The van der Waals surface area contributed by atoms with Crippen LogP contribution in [0.15, 0.2) is 39.9 Å². The van der Waals surface area contributed by atoms with E-state index in [1.165, 1.54) is 0 Å². The summed E-state index contributed by atoms with van der Waals surface area (Å²) >= 11 is 3.20. The molecule has 0 amide bonds. The molecule has 0 radical (unpaired) electrons. The number of allylic oxidation sites excluding steroid dienone is 1. The van der Waals surface area contributed by atoms with Gasteiger partial charge in [-0.15, -0.1) is 0 Å². The van der Waals surface area contributed by atoms with Crippen molar-refractivity contribution in [3.05, 3.63) is 50.8 Å². The van der Waals surface area contributed by atoms with Gasteiger partial charge >= 0.3 is 6.18 Å². The van der Waals surface area contributed by atoms with Gasteiger partial charge in [-0.3, -0.25) is 0 Å². The summed E-state index contributed by atoms with van der Waals surface area (Å²) in [7, 11) is 0. The standard InChI is InChI=1S/C10H7BrF3N3/c11-8-3-1-7(2-4-8)9(16-17-15)5-6-10(12,13)14/h1-5H,6H2. The van der Waals surface area contributed by atoms with Crippen LogP contribution in [0.2, 0.25) is 0 Å². The van der Waals surface area contributed by atoms with Crippen LogP contribution in [0, 0.1) is 0 Å². The van der Waals surface area contributed by atoms with Gasteiger partial charge in [0.25, 0.3) is 0 Å². The van der Waals surface area contributed by atoms with Crippen molar-refractivity contribution in [3.8, 4) is 0 Å². The van der Waals surface area contributed by atoms with Crippen molar-refractivity contribution in [2.75, 3.05) is 0 Å². The maximum atomic E-state index is 12.0. The first-order chi connectivity index (χ1) is 7.92. The molecule has 0 unspecified atom stereocenters. The summed E-state index contributed by atoms with van der Waals surface area (Å²) in [6.07, 6.45) is -4.58. The second kappa shape index (κ2) is 5.75. The second-order valence-electron chi connectivity index (χ2n) is 3.11. The van der Waals surface area contributed by atoms with Crippen molar-refractivity contribution in [1.29, 1.82) is 0 Å². The normalized spacial score (nSPS) is 12.1. The molecule has 0 heterocycles. The number of azide groups is 1. The van der Waals surface area contributed by atoms with Gasteiger partial charge in [-0.1, -0.05) is 39.3 Å². The van der Waals surface area contributed by atoms with Crippen molar-refractivity contribution in [3.63, 3.8) is 0 Å². The lowest BCUT2D eigenvalue weighted by molar-refractivity contribution is -0.124. The van der Waals surface area contributed by atoms with E-state index in [9.17, 15) is 13.2 Å². The molecule has 0 aromatic heterocycles. The van der Waals surface area contributed by atoms with Gasteiger partial charge < -0.3 is 0 Å². The van der Waals surface area contributed by atoms with E-state index in [1.54, 1.807) is 24.3 Å². The van der Waals surface area contributed by atoms with E-state index in [0.29, 0.717) is 5.56 Å². The highest BCUT2D eigenvalue weighted by Crippen LogP contribution is 2.25. The lowest BCUT2D eigenvalue weighted by Gasteiger charge is -2.04. The van der Waals surface area contributed by atoms with Crippen LogP contribution in [0.1, 0.15) is 12.0 Å². The molecule has 0 atom stereocenters. The molecule has 0 aliphatic carbocycles. The Labute approximate surface area is 104 Å². The molecule has 17 heavy (non-hydrogen) atoms. The first-order valence-corrected chi connectivity index (χ1v) is 5.29. The first kappa shape index (κ1) is 13.6. The van der Waals surface area contributed by atoms with Crippen molar-refractivity contribution < 1.29 is 13.2 Å². The lowest BCUT2D eigenvalue weighted by Crippen LogP contribution is -2.04. The third-order valence-corrected chi connectivity index (χ3v) is 2.35. The van der Waals surface area contributed by atoms with Crippen LogP contribution >= 0.6 is 15.9 Å². The summed E-state index contributed by atoms with van der Waals surface area (Å²) in [5, 5.41) is 3.25. The Balaban J connectivity index is 3.01. The fourth-order valence-electron chi connectivity index (χ4n) is 1.10. The quantitative estimate of drug-likeness (QED) is 0.426. The minimum absolute atomic E-state index is 0.0303. The Morgan fingerprint density at radius 2 is 1.94 bits per heavy atom. The van der Waals surface area contributed by atoms with Gasteiger partial charge in [-0.25, -0.2) is 0 Å². The highest BCUT2D eigenvalue weighted by Gasteiger charge is 2.25. The molecule has 0 aliphatic heterocycles. The summed E-state index contributed by atoms with van der Waals surface area (Å²) < 4.78 is 36.9. The summed E-state index contributed by atoms with van der Waals surface area (Å²) in [6, 6.07) is 6.45. The maximum absolute atomic E-state index is 12.0. The topological polar surface area (TPSA) is 48.8 Å². The molecular weight excluding hydrogens is 299 g/mol. The van der Waals surface area contributed by atoms with Crippen LogP contribution in [0.3, 0.4) is 0 Å². The zero-order chi connectivity index (χ0) is 12.9. The monoisotopic (exact) mass is 305 g/mol. The molecule has 0 aliphatic rings. The van der Waals surface area contributed by atoms with Crippen LogP contribution < -0.4 is 0 Å². The number of hydrogen-bond acceptors (Lipinski definition) is 1. The largest absolute Gasteiger partial charge is 0.392 e. The smallest absolute Gasteiger partial charge is 0.171 e. The molecule has 0 saturated heterocycles. The van der Waals surface area contributed by atoms with Gasteiger partial charge in [-0.2, -0.15) is 13.2 Å². The zero-order valence-corrected chi connectivity index (χ0v) is 10.0. The SMILES string of the molecule is [N-]=[N+]=NC(=CCC(F)(F)F)c1ccc(Br)cc1. The average Bonchev–Trinajstić information content (AvgIpc) is 2.24. The van der Waals surface area contributed by atoms with Gasteiger partial charge in [0.05, 0.1) is 6.42 Å². The molecule has 0 fully saturated rings. The summed E-state index contributed by atoms with van der Waals surface area (Å²) in [5.41, 5.74) is 8.72. The zero-order valence-electron chi connectivity index (χ0n) is 8.45. The number of benzene rings is 1. The molecule has 0 N–H and O–H groups in total. The van der Waals surface area contributed by atoms with Crippen LogP contribution in [0.5, 0.6) is 0 Å². The molecule has 1 rings (SSSR count). The summed E-state index contributed by atoms with van der Waals surface area (Å²) in [4.78, 5) is 2.51. The van der Waals surface area contributed by atoms with Crippen LogP contribution in [0.4, 0.5) is 13.2 Å². The van der Waals surface area contributed by atoms with Crippen molar-refractivity contribution in [2.24, 2.45) is 5.11 Å². The van der Waals surface area contributed by atoms with Gasteiger partial charge in [-0.05, 0) is 23.2 Å². The lowest BCUT2D eigenvalue weighted by atomic mass is 10.1. The first-order valence-electron chi connectivity index (χ1n) is 4.50. The Morgan fingerprint density at radius 1 is 1.35 bits per heavy atom. The van der Waals surface area contributed by atoms with E-state index in [4.69, 9.17) is 5.53 Å². The molecular formula is C10H7BrF3N3. The van der Waals surface area contributed by atoms with E-state index >= 15 is 0 Å². The number of rotatable bonds is 3. The predicted octanol–water partition coefficient (Wildman–Crippen LogP) is 5.05. The van der Waals surface area contributed by atoms with E-state index in [-0.39, 0.29) is 5.70 Å². The van der Waals surface area contributed by atoms with Crippen molar-refractivity contribution in [1.82, 2.24) is 0 Å². The highest BCUT2D eigenvalue weighted by molar-refractivity contribution is 9.10. The fraction of sp³-hybridized carbons (Fsp3) is 0.200. The molecule has 1 aromatic rings. The van der Waals surface area contributed by atoms with Gasteiger partial charge in [0.1, 0.15) is 0 Å². The summed E-state index contributed by atoms with van der Waals surface area (Å²) in [6.45, 7) is 0. The number of hydrogen-bond donors (Lipinski definition) is 0. The molecule has 1 aromatic carbocycles. The molecule has 7 heteroatoms. The van der Waals surface area contributed by atoms with E-state index < -0.39 is 12.6 Å². The third kappa shape index (κ3) is 4.93. The molecule has 0 saturated carbocycles. The van der Waals surface area contributed by atoms with Gasteiger partial charge in [0.2, 0.25) is 0 Å². The van der Waals surface area contributed by atoms with Crippen molar-refractivity contribution >= 4 is 21.6 Å². The Kier molecular flexibility index (Phi) is 4.60. The van der Waals surface area contributed by atoms with E-state index in [0.717, 1.165) is 10.5 Å². The molecule has 90 valence electrons. The molecule has 0 bridgehead atoms.